The quantitative estimate of drug-likeness (QED) is 0.774. The van der Waals surface area contributed by atoms with Crippen molar-refractivity contribution in [1.82, 2.24) is 0 Å². The molecule has 1 aliphatic carbocycles. The summed E-state index contributed by atoms with van der Waals surface area (Å²) in [4.78, 5) is 12.6. The zero-order valence-electron chi connectivity index (χ0n) is 15.7. The van der Waals surface area contributed by atoms with Crippen LogP contribution in [-0.2, 0) is 11.2 Å². The molecule has 2 atom stereocenters. The lowest BCUT2D eigenvalue weighted by Gasteiger charge is -2.26. The van der Waals surface area contributed by atoms with Gasteiger partial charge < -0.3 is 14.3 Å². The fraction of sp³-hybridized carbons (Fsp3) is 0.522. The van der Waals surface area contributed by atoms with Gasteiger partial charge in [0.15, 0.2) is 0 Å². The maximum atomic E-state index is 12.6. The number of aromatic hydroxyl groups is 1. The van der Waals surface area contributed by atoms with Crippen LogP contribution in [0.4, 0.5) is 0 Å². The largest absolute Gasteiger partial charge is 0.507 e. The second-order valence-electron chi connectivity index (χ2n) is 8.16. The van der Waals surface area contributed by atoms with E-state index in [-0.39, 0.29) is 11.7 Å². The summed E-state index contributed by atoms with van der Waals surface area (Å²) in [5, 5.41) is 10.6. The minimum atomic E-state index is -0.408. The van der Waals surface area contributed by atoms with Crippen LogP contribution < -0.4 is 5.63 Å². The Morgan fingerprint density at radius 3 is 2.52 bits per heavy atom. The molecule has 0 spiro atoms. The van der Waals surface area contributed by atoms with E-state index >= 15 is 0 Å². The summed E-state index contributed by atoms with van der Waals surface area (Å²) in [6.45, 7) is 1.65. The van der Waals surface area contributed by atoms with Gasteiger partial charge in [0.25, 0.3) is 0 Å². The van der Waals surface area contributed by atoms with Gasteiger partial charge in [0.05, 0.1) is 5.56 Å². The van der Waals surface area contributed by atoms with Crippen LogP contribution >= 0.6 is 0 Å². The maximum Gasteiger partial charge on any atom is 0.343 e. The summed E-state index contributed by atoms with van der Waals surface area (Å²) in [5.74, 6) is 2.14. The molecule has 4 nitrogen and oxygen atoms in total. The fourth-order valence-corrected chi connectivity index (χ4v) is 4.17. The van der Waals surface area contributed by atoms with Gasteiger partial charge in [-0.05, 0) is 43.1 Å². The van der Waals surface area contributed by atoms with Gasteiger partial charge in [-0.1, -0.05) is 43.2 Å². The molecule has 1 saturated heterocycles. The van der Waals surface area contributed by atoms with E-state index in [4.69, 9.17) is 9.15 Å². The Kier molecular flexibility index (Phi) is 5.63. The summed E-state index contributed by atoms with van der Waals surface area (Å²) >= 11 is 0. The van der Waals surface area contributed by atoms with Crippen LogP contribution in [0.1, 0.15) is 61.3 Å². The third-order valence-corrected chi connectivity index (χ3v) is 5.86. The Balaban J connectivity index is 1.55. The molecule has 27 heavy (non-hydrogen) atoms. The Bertz CT molecular complexity index is 801. The topological polar surface area (TPSA) is 59.7 Å². The van der Waals surface area contributed by atoms with Crippen molar-refractivity contribution in [1.29, 1.82) is 0 Å². The molecule has 0 radical (unpaired) electrons. The molecule has 4 heteroatoms. The second kappa shape index (κ2) is 8.30. The molecule has 1 N–H and O–H groups in total. The molecule has 1 aromatic heterocycles. The summed E-state index contributed by atoms with van der Waals surface area (Å²) in [6.07, 6.45) is 7.20. The summed E-state index contributed by atoms with van der Waals surface area (Å²) in [5.41, 5.74) is 0.924. The van der Waals surface area contributed by atoms with E-state index in [2.05, 4.69) is 0 Å². The van der Waals surface area contributed by atoms with Gasteiger partial charge in [0.1, 0.15) is 11.5 Å². The van der Waals surface area contributed by atoms with Gasteiger partial charge in [0.2, 0.25) is 0 Å². The maximum absolute atomic E-state index is 12.6. The van der Waals surface area contributed by atoms with Crippen molar-refractivity contribution in [2.45, 2.75) is 50.9 Å². The second-order valence-corrected chi connectivity index (χ2v) is 8.16. The van der Waals surface area contributed by atoms with Crippen molar-refractivity contribution >= 4 is 0 Å². The first-order valence-electron chi connectivity index (χ1n) is 10.2. The molecular weight excluding hydrogens is 340 g/mol. The average Bonchev–Trinajstić information content (AvgIpc) is 3.50. The first-order valence-corrected chi connectivity index (χ1v) is 10.2. The average molecular weight is 368 g/mol. The molecule has 0 bridgehead atoms. The van der Waals surface area contributed by atoms with E-state index < -0.39 is 5.63 Å². The Hall–Kier alpha value is -2.07. The normalized spacial score (nSPS) is 21.1. The Morgan fingerprint density at radius 1 is 1.07 bits per heavy atom. The smallest absolute Gasteiger partial charge is 0.343 e. The van der Waals surface area contributed by atoms with Crippen LogP contribution in [0.15, 0.2) is 45.6 Å². The highest BCUT2D eigenvalue weighted by Crippen LogP contribution is 2.42. The predicted octanol–water partition coefficient (Wildman–Crippen LogP) is 4.64. The highest BCUT2D eigenvalue weighted by Gasteiger charge is 2.31. The molecule has 2 unspecified atom stereocenters. The van der Waals surface area contributed by atoms with Crippen molar-refractivity contribution < 1.29 is 14.3 Å². The van der Waals surface area contributed by atoms with E-state index in [1.165, 1.54) is 19.3 Å². The lowest BCUT2D eigenvalue weighted by atomic mass is 9.85. The Labute approximate surface area is 160 Å². The highest BCUT2D eigenvalue weighted by molar-refractivity contribution is 5.35. The number of ether oxygens (including phenoxy) is 1. The van der Waals surface area contributed by atoms with Gasteiger partial charge in [-0.15, -0.1) is 0 Å². The summed E-state index contributed by atoms with van der Waals surface area (Å²) < 4.78 is 11.4. The van der Waals surface area contributed by atoms with Crippen LogP contribution in [0.3, 0.4) is 0 Å². The van der Waals surface area contributed by atoms with Crippen molar-refractivity contribution in [3.8, 4) is 5.75 Å². The van der Waals surface area contributed by atoms with E-state index in [1.54, 1.807) is 6.07 Å². The van der Waals surface area contributed by atoms with Gasteiger partial charge in [0, 0.05) is 31.6 Å². The molecule has 144 valence electrons. The third-order valence-electron chi connectivity index (χ3n) is 5.86. The molecule has 1 saturated carbocycles. The van der Waals surface area contributed by atoms with Gasteiger partial charge in [-0.3, -0.25) is 0 Å². The lowest BCUT2D eigenvalue weighted by Crippen LogP contribution is -2.21. The first kappa shape index (κ1) is 18.3. The van der Waals surface area contributed by atoms with E-state index in [9.17, 15) is 9.90 Å². The third kappa shape index (κ3) is 4.81. The molecule has 4 rings (SSSR count). The first-order chi connectivity index (χ1) is 13.2. The van der Waals surface area contributed by atoms with Gasteiger partial charge >= 0.3 is 5.63 Å². The SMILES string of the molecule is O=c1oc(C(CC2CC2)CC2CCCOC2)cc(O)c1Cc1ccccc1. The number of rotatable bonds is 7. The minimum Gasteiger partial charge on any atom is -0.507 e. The zero-order valence-corrected chi connectivity index (χ0v) is 15.7. The summed E-state index contributed by atoms with van der Waals surface area (Å²) in [6, 6.07) is 11.4. The molecule has 2 aromatic rings. The lowest BCUT2D eigenvalue weighted by molar-refractivity contribution is 0.0473. The monoisotopic (exact) mass is 368 g/mol. The predicted molar refractivity (Wildman–Crippen MR) is 104 cm³/mol. The van der Waals surface area contributed by atoms with E-state index in [0.717, 1.165) is 44.0 Å². The number of hydrogen-bond donors (Lipinski definition) is 1. The van der Waals surface area contributed by atoms with Crippen molar-refractivity contribution in [2.24, 2.45) is 11.8 Å². The van der Waals surface area contributed by atoms with Crippen molar-refractivity contribution in [3.05, 3.63) is 63.7 Å². The molecule has 1 aliphatic heterocycles. The zero-order chi connectivity index (χ0) is 18.6. The number of hydrogen-bond acceptors (Lipinski definition) is 4. The van der Waals surface area contributed by atoms with Crippen LogP contribution in [0, 0.1) is 11.8 Å². The summed E-state index contributed by atoms with van der Waals surface area (Å²) in [7, 11) is 0. The van der Waals surface area contributed by atoms with Gasteiger partial charge in [-0.25, -0.2) is 4.79 Å². The minimum absolute atomic E-state index is 0.0609. The van der Waals surface area contributed by atoms with Crippen molar-refractivity contribution in [3.63, 3.8) is 0 Å². The molecule has 1 aromatic carbocycles. The van der Waals surface area contributed by atoms with Crippen LogP contribution in [-0.4, -0.2) is 18.3 Å². The fourth-order valence-electron chi connectivity index (χ4n) is 4.17. The molecule has 2 heterocycles. The van der Waals surface area contributed by atoms with Gasteiger partial charge in [-0.2, -0.15) is 0 Å². The molecule has 2 aliphatic rings. The number of benzene rings is 1. The molecule has 0 amide bonds. The van der Waals surface area contributed by atoms with E-state index in [0.29, 0.717) is 23.7 Å². The Morgan fingerprint density at radius 2 is 1.85 bits per heavy atom. The highest BCUT2D eigenvalue weighted by atomic mass is 16.5. The van der Waals surface area contributed by atoms with Crippen molar-refractivity contribution in [2.75, 3.05) is 13.2 Å². The molecule has 2 fully saturated rings. The van der Waals surface area contributed by atoms with Crippen LogP contribution in [0.2, 0.25) is 0 Å². The molecular formula is C23H28O4. The standard InChI is InChI=1S/C23H28O4/c24-21-14-22(27-23(25)20(21)13-16-5-2-1-3-6-16)19(11-17-8-9-17)12-18-7-4-10-26-15-18/h1-3,5-6,14,17-19,24H,4,7-13,15H2. The van der Waals surface area contributed by atoms with Crippen LogP contribution in [0.25, 0.3) is 0 Å². The van der Waals surface area contributed by atoms with Crippen LogP contribution in [0.5, 0.6) is 5.75 Å². The van der Waals surface area contributed by atoms with E-state index in [1.807, 2.05) is 30.3 Å².